The van der Waals surface area contributed by atoms with Crippen LogP contribution in [0, 0.1) is 5.92 Å². The van der Waals surface area contributed by atoms with Crippen molar-refractivity contribution in [2.75, 3.05) is 13.1 Å². The number of piperidine rings is 1. The van der Waals surface area contributed by atoms with E-state index in [4.69, 9.17) is 4.74 Å². The van der Waals surface area contributed by atoms with E-state index in [0.717, 1.165) is 30.1 Å². The third-order valence-corrected chi connectivity index (χ3v) is 4.48. The molecular formula is C18H23N3O2. The van der Waals surface area contributed by atoms with E-state index in [2.05, 4.69) is 17.3 Å². The van der Waals surface area contributed by atoms with Crippen LogP contribution in [0.2, 0.25) is 0 Å². The Morgan fingerprint density at radius 3 is 2.52 bits per heavy atom. The van der Waals surface area contributed by atoms with Crippen LogP contribution in [0.3, 0.4) is 0 Å². The van der Waals surface area contributed by atoms with E-state index >= 15 is 0 Å². The summed E-state index contributed by atoms with van der Waals surface area (Å²) < 4.78 is 7.43. The van der Waals surface area contributed by atoms with Gasteiger partial charge in [-0.05, 0) is 69.1 Å². The van der Waals surface area contributed by atoms with Gasteiger partial charge in [-0.1, -0.05) is 0 Å². The Bertz CT molecular complexity index is 703. The molecule has 3 rings (SSSR count). The number of aryl methyl sites for hydroxylation is 1. The summed E-state index contributed by atoms with van der Waals surface area (Å²) in [5.74, 6) is 1.49. The molecule has 0 aliphatic carbocycles. The number of aromatic nitrogens is 2. The molecule has 1 fully saturated rings. The van der Waals surface area contributed by atoms with Gasteiger partial charge in [-0.25, -0.2) is 4.68 Å². The monoisotopic (exact) mass is 313 g/mol. The maximum atomic E-state index is 11.4. The third kappa shape index (κ3) is 3.79. The minimum absolute atomic E-state index is 0.107. The molecule has 1 aromatic carbocycles. The van der Waals surface area contributed by atoms with Crippen LogP contribution in [-0.2, 0) is 7.05 Å². The molecule has 1 aromatic heterocycles. The van der Waals surface area contributed by atoms with Gasteiger partial charge in [0.25, 0.3) is 5.56 Å². The summed E-state index contributed by atoms with van der Waals surface area (Å²) in [4.78, 5) is 11.4. The van der Waals surface area contributed by atoms with Crippen molar-refractivity contribution >= 4 is 0 Å². The predicted molar refractivity (Wildman–Crippen MR) is 90.6 cm³/mol. The highest BCUT2D eigenvalue weighted by Gasteiger charge is 2.21. The number of hydrogen-bond acceptors (Lipinski definition) is 4. The van der Waals surface area contributed by atoms with Gasteiger partial charge in [-0.15, -0.1) is 0 Å². The second-order valence-corrected chi connectivity index (χ2v) is 6.12. The van der Waals surface area contributed by atoms with Crippen LogP contribution in [-0.4, -0.2) is 29.0 Å². The van der Waals surface area contributed by atoms with Gasteiger partial charge in [-0.2, -0.15) is 5.10 Å². The molecule has 5 nitrogen and oxygen atoms in total. The minimum Gasteiger partial charge on any atom is -0.490 e. The van der Waals surface area contributed by atoms with Crippen LogP contribution < -0.4 is 15.6 Å². The van der Waals surface area contributed by atoms with Crippen molar-refractivity contribution in [3.8, 4) is 17.0 Å². The highest BCUT2D eigenvalue weighted by molar-refractivity contribution is 5.59. The Labute approximate surface area is 136 Å². The van der Waals surface area contributed by atoms with Crippen molar-refractivity contribution in [3.63, 3.8) is 0 Å². The number of ether oxygens (including phenoxy) is 1. The van der Waals surface area contributed by atoms with Crippen LogP contribution >= 0.6 is 0 Å². The fraction of sp³-hybridized carbons (Fsp3) is 0.444. The van der Waals surface area contributed by atoms with Crippen LogP contribution in [0.25, 0.3) is 11.3 Å². The molecule has 0 radical (unpaired) electrons. The fourth-order valence-electron chi connectivity index (χ4n) is 2.99. The van der Waals surface area contributed by atoms with Crippen molar-refractivity contribution in [2.45, 2.75) is 25.9 Å². The summed E-state index contributed by atoms with van der Waals surface area (Å²) in [5, 5.41) is 7.64. The van der Waals surface area contributed by atoms with Crippen molar-refractivity contribution < 1.29 is 4.74 Å². The molecule has 1 unspecified atom stereocenters. The summed E-state index contributed by atoms with van der Waals surface area (Å²) in [6.07, 6.45) is 2.56. The normalized spacial score (nSPS) is 17.0. The average molecular weight is 313 g/mol. The Balaban J connectivity index is 1.69. The second-order valence-electron chi connectivity index (χ2n) is 6.12. The van der Waals surface area contributed by atoms with Gasteiger partial charge in [0.1, 0.15) is 5.75 Å². The Kier molecular flexibility index (Phi) is 4.76. The number of nitrogens with zero attached hydrogens (tertiary/aromatic N) is 2. The lowest BCUT2D eigenvalue weighted by molar-refractivity contribution is 0.128. The van der Waals surface area contributed by atoms with Crippen molar-refractivity contribution in [1.82, 2.24) is 15.1 Å². The van der Waals surface area contributed by atoms with Gasteiger partial charge in [0, 0.05) is 18.7 Å². The summed E-state index contributed by atoms with van der Waals surface area (Å²) in [5.41, 5.74) is 1.65. The molecule has 23 heavy (non-hydrogen) atoms. The first-order valence-corrected chi connectivity index (χ1v) is 8.15. The quantitative estimate of drug-likeness (QED) is 0.940. The van der Waals surface area contributed by atoms with Gasteiger partial charge >= 0.3 is 0 Å². The predicted octanol–water partition coefficient (Wildman–Crippen LogP) is 2.21. The van der Waals surface area contributed by atoms with Gasteiger partial charge in [0.2, 0.25) is 0 Å². The molecule has 122 valence electrons. The molecule has 1 aliphatic rings. The molecule has 5 heteroatoms. The molecule has 2 aromatic rings. The van der Waals surface area contributed by atoms with Crippen molar-refractivity contribution in [3.05, 3.63) is 46.8 Å². The Morgan fingerprint density at radius 2 is 1.87 bits per heavy atom. The first-order chi connectivity index (χ1) is 11.1. The first-order valence-electron chi connectivity index (χ1n) is 8.15. The first kappa shape index (κ1) is 15.7. The van der Waals surface area contributed by atoms with Gasteiger partial charge in [0.05, 0.1) is 11.8 Å². The third-order valence-electron chi connectivity index (χ3n) is 4.48. The molecular weight excluding hydrogens is 290 g/mol. The molecule has 2 heterocycles. The standard InChI is InChI=1S/C18H23N3O2/c1-13(14-9-11-19-12-10-14)23-16-5-3-15(4-6-16)17-7-8-18(22)21(2)20-17/h3-8,13-14,19H,9-12H2,1-2H3. The fourth-order valence-corrected chi connectivity index (χ4v) is 2.99. The summed E-state index contributed by atoms with van der Waals surface area (Å²) in [6, 6.07) is 11.2. The summed E-state index contributed by atoms with van der Waals surface area (Å²) in [6.45, 7) is 4.31. The van der Waals surface area contributed by atoms with Crippen LogP contribution in [0.1, 0.15) is 19.8 Å². The Morgan fingerprint density at radius 1 is 1.17 bits per heavy atom. The second kappa shape index (κ2) is 6.96. The molecule has 0 saturated carbocycles. The maximum Gasteiger partial charge on any atom is 0.266 e. The maximum absolute atomic E-state index is 11.4. The number of hydrogen-bond donors (Lipinski definition) is 1. The van der Waals surface area contributed by atoms with E-state index in [0.29, 0.717) is 5.92 Å². The lowest BCUT2D eigenvalue weighted by Gasteiger charge is -2.28. The van der Waals surface area contributed by atoms with E-state index in [1.807, 2.05) is 24.3 Å². The van der Waals surface area contributed by atoms with E-state index in [1.54, 1.807) is 13.1 Å². The minimum atomic E-state index is -0.107. The van der Waals surface area contributed by atoms with E-state index in [1.165, 1.54) is 23.6 Å². The number of benzene rings is 1. The van der Waals surface area contributed by atoms with Gasteiger partial charge in [-0.3, -0.25) is 4.79 Å². The molecule has 1 atom stereocenters. The molecule has 1 aliphatic heterocycles. The smallest absolute Gasteiger partial charge is 0.266 e. The zero-order valence-corrected chi connectivity index (χ0v) is 13.7. The number of nitrogens with one attached hydrogen (secondary N) is 1. The average Bonchev–Trinajstić information content (AvgIpc) is 2.59. The van der Waals surface area contributed by atoms with E-state index in [9.17, 15) is 4.79 Å². The molecule has 1 saturated heterocycles. The van der Waals surface area contributed by atoms with E-state index in [-0.39, 0.29) is 11.7 Å². The van der Waals surface area contributed by atoms with Crippen LogP contribution in [0.4, 0.5) is 0 Å². The van der Waals surface area contributed by atoms with Gasteiger partial charge in [0.15, 0.2) is 0 Å². The highest BCUT2D eigenvalue weighted by atomic mass is 16.5. The molecule has 0 spiro atoms. The molecule has 1 N–H and O–H groups in total. The Hall–Kier alpha value is -2.14. The molecule has 0 bridgehead atoms. The lowest BCUT2D eigenvalue weighted by Crippen LogP contribution is -2.35. The zero-order valence-electron chi connectivity index (χ0n) is 13.7. The zero-order chi connectivity index (χ0) is 16.2. The van der Waals surface area contributed by atoms with Crippen molar-refractivity contribution in [2.24, 2.45) is 13.0 Å². The highest BCUT2D eigenvalue weighted by Crippen LogP contribution is 2.24. The van der Waals surface area contributed by atoms with E-state index < -0.39 is 0 Å². The number of rotatable bonds is 4. The van der Waals surface area contributed by atoms with Crippen molar-refractivity contribution in [1.29, 1.82) is 0 Å². The largest absolute Gasteiger partial charge is 0.490 e. The van der Waals surface area contributed by atoms with Crippen LogP contribution in [0.5, 0.6) is 5.75 Å². The topological polar surface area (TPSA) is 56.2 Å². The molecule has 0 amide bonds. The SMILES string of the molecule is CC(Oc1ccc(-c2ccc(=O)n(C)n2)cc1)C1CCNCC1. The summed E-state index contributed by atoms with van der Waals surface area (Å²) in [7, 11) is 1.66. The summed E-state index contributed by atoms with van der Waals surface area (Å²) >= 11 is 0. The van der Waals surface area contributed by atoms with Gasteiger partial charge < -0.3 is 10.1 Å². The van der Waals surface area contributed by atoms with Crippen LogP contribution in [0.15, 0.2) is 41.2 Å². The lowest BCUT2D eigenvalue weighted by atomic mass is 9.93.